The SMILES string of the molecule is CNC(=O)CNc1ccc(C#N)c2ccccc12. The minimum Gasteiger partial charge on any atom is -0.376 e. The van der Waals surface area contributed by atoms with E-state index in [-0.39, 0.29) is 12.5 Å². The summed E-state index contributed by atoms with van der Waals surface area (Å²) in [5, 5.41) is 16.5. The third-order valence-electron chi connectivity index (χ3n) is 2.76. The average Bonchev–Trinajstić information content (AvgIpc) is 2.44. The van der Waals surface area contributed by atoms with Crippen LogP contribution < -0.4 is 10.6 Å². The number of carbonyl (C=O) groups is 1. The van der Waals surface area contributed by atoms with E-state index in [0.717, 1.165) is 16.5 Å². The number of carbonyl (C=O) groups excluding carboxylic acids is 1. The first-order valence-corrected chi connectivity index (χ1v) is 5.62. The number of rotatable bonds is 3. The number of likely N-dealkylation sites (N-methyl/N-ethyl adjacent to an activating group) is 1. The summed E-state index contributed by atoms with van der Waals surface area (Å²) in [5.74, 6) is -0.0801. The Morgan fingerprint density at radius 3 is 2.61 bits per heavy atom. The lowest BCUT2D eigenvalue weighted by Gasteiger charge is -2.10. The molecule has 0 aliphatic carbocycles. The van der Waals surface area contributed by atoms with Crippen LogP contribution in [0.15, 0.2) is 36.4 Å². The topological polar surface area (TPSA) is 64.9 Å². The zero-order chi connectivity index (χ0) is 13.0. The number of nitrogens with zero attached hydrogens (tertiary/aromatic N) is 1. The number of amides is 1. The molecule has 0 unspecified atom stereocenters. The van der Waals surface area contributed by atoms with Gasteiger partial charge >= 0.3 is 0 Å². The molecule has 2 aromatic carbocycles. The van der Waals surface area contributed by atoms with E-state index in [1.165, 1.54) is 0 Å². The molecule has 4 heteroatoms. The fourth-order valence-electron chi connectivity index (χ4n) is 1.81. The van der Waals surface area contributed by atoms with Crippen LogP contribution in [-0.4, -0.2) is 19.5 Å². The van der Waals surface area contributed by atoms with Crippen LogP contribution in [0.1, 0.15) is 5.56 Å². The minimum absolute atomic E-state index is 0.0801. The molecule has 0 aliphatic heterocycles. The molecule has 2 rings (SSSR count). The third-order valence-corrected chi connectivity index (χ3v) is 2.76. The van der Waals surface area contributed by atoms with Gasteiger partial charge in [-0.25, -0.2) is 0 Å². The van der Waals surface area contributed by atoms with Crippen molar-refractivity contribution >= 4 is 22.4 Å². The summed E-state index contributed by atoms with van der Waals surface area (Å²) >= 11 is 0. The molecule has 2 N–H and O–H groups in total. The Morgan fingerprint density at radius 2 is 1.94 bits per heavy atom. The Labute approximate surface area is 105 Å². The van der Waals surface area contributed by atoms with Crippen molar-refractivity contribution in [2.45, 2.75) is 0 Å². The van der Waals surface area contributed by atoms with Crippen LogP contribution in [0.25, 0.3) is 10.8 Å². The maximum atomic E-state index is 11.2. The van der Waals surface area contributed by atoms with Gasteiger partial charge in [0.05, 0.1) is 18.2 Å². The van der Waals surface area contributed by atoms with E-state index in [2.05, 4.69) is 16.7 Å². The molecule has 0 aromatic heterocycles. The van der Waals surface area contributed by atoms with Crippen LogP contribution in [-0.2, 0) is 4.79 Å². The number of hydrogen-bond donors (Lipinski definition) is 2. The molecule has 4 nitrogen and oxygen atoms in total. The molecule has 0 atom stereocenters. The van der Waals surface area contributed by atoms with Crippen LogP contribution >= 0.6 is 0 Å². The molecule has 0 saturated heterocycles. The van der Waals surface area contributed by atoms with Crippen LogP contribution in [0.3, 0.4) is 0 Å². The van der Waals surface area contributed by atoms with Gasteiger partial charge in [-0.1, -0.05) is 24.3 Å². The van der Waals surface area contributed by atoms with Gasteiger partial charge in [0.1, 0.15) is 0 Å². The van der Waals surface area contributed by atoms with Crippen molar-refractivity contribution in [2.24, 2.45) is 0 Å². The molecule has 2 aromatic rings. The molecular formula is C14H13N3O. The molecule has 90 valence electrons. The van der Waals surface area contributed by atoms with E-state index >= 15 is 0 Å². The summed E-state index contributed by atoms with van der Waals surface area (Å²) in [4.78, 5) is 11.2. The molecule has 1 amide bonds. The fraction of sp³-hybridized carbons (Fsp3) is 0.143. The number of benzene rings is 2. The smallest absolute Gasteiger partial charge is 0.239 e. The van der Waals surface area contributed by atoms with Crippen LogP contribution in [0.2, 0.25) is 0 Å². The van der Waals surface area contributed by atoms with E-state index < -0.39 is 0 Å². The molecule has 0 saturated carbocycles. The summed E-state index contributed by atoms with van der Waals surface area (Å²) in [6.45, 7) is 0.215. The van der Waals surface area contributed by atoms with Crippen molar-refractivity contribution in [3.63, 3.8) is 0 Å². The van der Waals surface area contributed by atoms with Crippen molar-refractivity contribution in [1.82, 2.24) is 5.32 Å². The Kier molecular flexibility index (Phi) is 3.44. The lowest BCUT2D eigenvalue weighted by molar-refractivity contribution is -0.118. The third kappa shape index (κ3) is 2.25. The molecule has 0 fully saturated rings. The van der Waals surface area contributed by atoms with Gasteiger partial charge in [0.25, 0.3) is 0 Å². The van der Waals surface area contributed by atoms with E-state index in [1.807, 2.05) is 30.3 Å². The molecule has 0 bridgehead atoms. The van der Waals surface area contributed by atoms with Crippen molar-refractivity contribution in [1.29, 1.82) is 5.26 Å². The summed E-state index contributed by atoms with van der Waals surface area (Å²) in [6.07, 6.45) is 0. The van der Waals surface area contributed by atoms with Gasteiger partial charge < -0.3 is 10.6 Å². The molecule has 0 radical (unpaired) electrons. The lowest BCUT2D eigenvalue weighted by Crippen LogP contribution is -2.26. The van der Waals surface area contributed by atoms with E-state index in [9.17, 15) is 4.79 Å². The van der Waals surface area contributed by atoms with Gasteiger partial charge in [0.2, 0.25) is 5.91 Å². The van der Waals surface area contributed by atoms with Crippen molar-refractivity contribution < 1.29 is 4.79 Å². The minimum atomic E-state index is -0.0801. The Bertz CT molecular complexity index is 628. The van der Waals surface area contributed by atoms with E-state index in [0.29, 0.717) is 5.56 Å². The second-order valence-electron chi connectivity index (χ2n) is 3.84. The first-order chi connectivity index (χ1) is 8.76. The summed E-state index contributed by atoms with van der Waals surface area (Å²) in [6, 6.07) is 13.4. The van der Waals surface area contributed by atoms with E-state index in [4.69, 9.17) is 5.26 Å². The highest BCUT2D eigenvalue weighted by Crippen LogP contribution is 2.26. The monoisotopic (exact) mass is 239 g/mol. The van der Waals surface area contributed by atoms with Crippen molar-refractivity contribution in [3.8, 4) is 6.07 Å². The van der Waals surface area contributed by atoms with Gasteiger partial charge in [0.15, 0.2) is 0 Å². The highest BCUT2D eigenvalue weighted by Gasteiger charge is 2.05. The second-order valence-corrected chi connectivity index (χ2v) is 3.84. The van der Waals surface area contributed by atoms with Crippen LogP contribution in [0, 0.1) is 11.3 Å². The lowest BCUT2D eigenvalue weighted by atomic mass is 10.0. The maximum Gasteiger partial charge on any atom is 0.239 e. The second kappa shape index (κ2) is 5.19. The maximum absolute atomic E-state index is 11.2. The van der Waals surface area contributed by atoms with Gasteiger partial charge in [-0.05, 0) is 12.1 Å². The molecule has 0 spiro atoms. The quantitative estimate of drug-likeness (QED) is 0.859. The van der Waals surface area contributed by atoms with Crippen molar-refractivity contribution in [2.75, 3.05) is 18.9 Å². The molecular weight excluding hydrogens is 226 g/mol. The normalized spacial score (nSPS) is 9.78. The van der Waals surface area contributed by atoms with E-state index in [1.54, 1.807) is 13.1 Å². The standard InChI is InChI=1S/C14H13N3O/c1-16-14(18)9-17-13-7-6-10(8-15)11-4-2-3-5-12(11)13/h2-7,17H,9H2,1H3,(H,16,18). The summed E-state index contributed by atoms with van der Waals surface area (Å²) < 4.78 is 0. The average molecular weight is 239 g/mol. The summed E-state index contributed by atoms with van der Waals surface area (Å²) in [5.41, 5.74) is 1.49. The fourth-order valence-corrected chi connectivity index (χ4v) is 1.81. The Balaban J connectivity index is 2.41. The number of nitrogens with one attached hydrogen (secondary N) is 2. The van der Waals surface area contributed by atoms with Gasteiger partial charge in [-0.2, -0.15) is 5.26 Å². The zero-order valence-corrected chi connectivity index (χ0v) is 10.0. The number of nitriles is 1. The first kappa shape index (κ1) is 11.9. The molecule has 0 aliphatic rings. The highest BCUT2D eigenvalue weighted by atomic mass is 16.1. The largest absolute Gasteiger partial charge is 0.376 e. The predicted molar refractivity (Wildman–Crippen MR) is 71.2 cm³/mol. The highest BCUT2D eigenvalue weighted by molar-refractivity contribution is 5.98. The molecule has 0 heterocycles. The zero-order valence-electron chi connectivity index (χ0n) is 10.0. The Hall–Kier alpha value is -2.54. The van der Waals surface area contributed by atoms with Crippen molar-refractivity contribution in [3.05, 3.63) is 42.0 Å². The van der Waals surface area contributed by atoms with Gasteiger partial charge in [0, 0.05) is 23.5 Å². The van der Waals surface area contributed by atoms with Crippen LogP contribution in [0.5, 0.6) is 0 Å². The number of fused-ring (bicyclic) bond motifs is 1. The summed E-state index contributed by atoms with van der Waals surface area (Å²) in [7, 11) is 1.60. The number of hydrogen-bond acceptors (Lipinski definition) is 3. The van der Waals surface area contributed by atoms with Gasteiger partial charge in [-0.15, -0.1) is 0 Å². The molecule has 18 heavy (non-hydrogen) atoms. The van der Waals surface area contributed by atoms with Crippen LogP contribution in [0.4, 0.5) is 5.69 Å². The number of anilines is 1. The predicted octanol–water partition coefficient (Wildman–Crippen LogP) is 1.87. The van der Waals surface area contributed by atoms with Gasteiger partial charge in [-0.3, -0.25) is 4.79 Å². The Morgan fingerprint density at radius 1 is 1.22 bits per heavy atom. The first-order valence-electron chi connectivity index (χ1n) is 5.62.